The minimum atomic E-state index is -0.362. The highest BCUT2D eigenvalue weighted by Gasteiger charge is 2.19. The number of hydrogen-bond donors (Lipinski definition) is 2. The molecule has 7 heteroatoms. The predicted molar refractivity (Wildman–Crippen MR) is 69.2 cm³/mol. The zero-order valence-corrected chi connectivity index (χ0v) is 10.6. The number of anilines is 1. The van der Waals surface area contributed by atoms with Crippen LogP contribution in [-0.2, 0) is 0 Å². The smallest absolute Gasteiger partial charge is 0.245 e. The molecule has 1 aliphatic heterocycles. The monoisotopic (exact) mass is 262 g/mol. The molecule has 3 heterocycles. The first kappa shape index (κ1) is 12.0. The Kier molecular flexibility index (Phi) is 3.12. The fourth-order valence-corrected chi connectivity index (χ4v) is 2.14. The quantitative estimate of drug-likeness (QED) is 0.838. The maximum absolute atomic E-state index is 12.8. The van der Waals surface area contributed by atoms with E-state index in [0.717, 1.165) is 19.6 Å². The van der Waals surface area contributed by atoms with Gasteiger partial charge in [0.1, 0.15) is 11.5 Å². The van der Waals surface area contributed by atoms with Gasteiger partial charge in [0.15, 0.2) is 5.82 Å². The molecule has 100 valence electrons. The van der Waals surface area contributed by atoms with E-state index in [1.54, 1.807) is 6.07 Å². The Labute approximate surface area is 110 Å². The summed E-state index contributed by atoms with van der Waals surface area (Å²) in [4.78, 5) is 10.5. The molecule has 0 amide bonds. The number of aromatic nitrogens is 4. The summed E-state index contributed by atoms with van der Waals surface area (Å²) in [7, 11) is 0. The van der Waals surface area contributed by atoms with Gasteiger partial charge in [-0.25, -0.2) is 9.37 Å². The Morgan fingerprint density at radius 1 is 1.42 bits per heavy atom. The Hall–Kier alpha value is -2.02. The van der Waals surface area contributed by atoms with Crippen molar-refractivity contribution in [3.63, 3.8) is 0 Å². The second-order valence-corrected chi connectivity index (χ2v) is 4.65. The lowest BCUT2D eigenvalue weighted by Crippen LogP contribution is -2.49. The molecule has 2 aromatic rings. The van der Waals surface area contributed by atoms with Crippen molar-refractivity contribution < 1.29 is 4.39 Å². The number of rotatable bonds is 2. The maximum atomic E-state index is 12.8. The zero-order valence-electron chi connectivity index (χ0n) is 10.6. The molecular formula is C12H15FN6. The second-order valence-electron chi connectivity index (χ2n) is 4.65. The topological polar surface area (TPSA) is 69.7 Å². The summed E-state index contributed by atoms with van der Waals surface area (Å²) in [6.07, 6.45) is 1.17. The van der Waals surface area contributed by atoms with Crippen LogP contribution in [-0.4, -0.2) is 45.8 Å². The summed E-state index contributed by atoms with van der Waals surface area (Å²) in [6.45, 7) is 4.79. The Balaban J connectivity index is 1.81. The van der Waals surface area contributed by atoms with Crippen LogP contribution in [0.4, 0.5) is 10.3 Å². The van der Waals surface area contributed by atoms with Gasteiger partial charge in [-0.1, -0.05) is 0 Å². The molecule has 1 atom stereocenters. The lowest BCUT2D eigenvalue weighted by Gasteiger charge is -2.30. The van der Waals surface area contributed by atoms with Crippen molar-refractivity contribution in [1.82, 2.24) is 25.5 Å². The number of nitrogens with one attached hydrogen (secondary N) is 2. The highest BCUT2D eigenvalue weighted by molar-refractivity contribution is 5.50. The number of H-pyrrole nitrogens is 1. The number of halogens is 1. The summed E-state index contributed by atoms with van der Waals surface area (Å²) in [5.74, 6) is 0.857. The van der Waals surface area contributed by atoms with E-state index in [1.165, 1.54) is 12.3 Å². The number of pyridine rings is 1. The van der Waals surface area contributed by atoms with Crippen molar-refractivity contribution >= 4 is 5.95 Å². The van der Waals surface area contributed by atoms with Crippen molar-refractivity contribution in [3.8, 4) is 11.5 Å². The number of nitrogens with zero attached hydrogens (tertiary/aromatic N) is 4. The second kappa shape index (κ2) is 4.93. The molecule has 19 heavy (non-hydrogen) atoms. The molecule has 3 rings (SSSR count). The van der Waals surface area contributed by atoms with Crippen molar-refractivity contribution in [1.29, 1.82) is 0 Å². The Bertz CT molecular complexity index is 552. The van der Waals surface area contributed by atoms with Crippen LogP contribution < -0.4 is 10.2 Å². The normalized spacial score (nSPS) is 19.7. The van der Waals surface area contributed by atoms with E-state index in [-0.39, 0.29) is 5.82 Å². The number of piperazine rings is 1. The third-order valence-electron chi connectivity index (χ3n) is 3.10. The van der Waals surface area contributed by atoms with Gasteiger partial charge in [-0.2, -0.15) is 4.98 Å². The third kappa shape index (κ3) is 2.55. The van der Waals surface area contributed by atoms with Gasteiger partial charge in [-0.05, 0) is 19.1 Å². The molecule has 0 aliphatic carbocycles. The van der Waals surface area contributed by atoms with Crippen LogP contribution in [0.3, 0.4) is 0 Å². The van der Waals surface area contributed by atoms with Crippen LogP contribution in [0.25, 0.3) is 11.5 Å². The molecule has 0 bridgehead atoms. The average Bonchev–Trinajstić information content (AvgIpc) is 2.89. The van der Waals surface area contributed by atoms with Crippen molar-refractivity contribution in [2.75, 3.05) is 24.5 Å². The molecule has 0 saturated carbocycles. The lowest BCUT2D eigenvalue weighted by molar-refractivity contribution is 0.480. The van der Waals surface area contributed by atoms with Gasteiger partial charge in [0.05, 0.1) is 6.20 Å². The van der Waals surface area contributed by atoms with Crippen LogP contribution in [0.15, 0.2) is 18.3 Å². The molecule has 6 nitrogen and oxygen atoms in total. The minimum absolute atomic E-state index is 0.362. The van der Waals surface area contributed by atoms with E-state index in [4.69, 9.17) is 0 Å². The van der Waals surface area contributed by atoms with Gasteiger partial charge in [0.2, 0.25) is 5.95 Å². The van der Waals surface area contributed by atoms with E-state index in [1.807, 2.05) is 0 Å². The third-order valence-corrected chi connectivity index (χ3v) is 3.10. The Morgan fingerprint density at radius 2 is 2.32 bits per heavy atom. The number of hydrogen-bond acceptors (Lipinski definition) is 5. The molecule has 0 spiro atoms. The van der Waals surface area contributed by atoms with Crippen LogP contribution in [0.2, 0.25) is 0 Å². The molecule has 0 aromatic carbocycles. The molecule has 1 unspecified atom stereocenters. The average molecular weight is 262 g/mol. The van der Waals surface area contributed by atoms with E-state index in [2.05, 4.69) is 37.3 Å². The fourth-order valence-electron chi connectivity index (χ4n) is 2.14. The van der Waals surface area contributed by atoms with Crippen LogP contribution in [0.5, 0.6) is 0 Å². The minimum Gasteiger partial charge on any atom is -0.337 e. The first-order valence-electron chi connectivity index (χ1n) is 6.25. The Morgan fingerprint density at radius 3 is 3.05 bits per heavy atom. The first-order chi connectivity index (χ1) is 9.22. The van der Waals surface area contributed by atoms with Gasteiger partial charge < -0.3 is 10.2 Å². The fraction of sp³-hybridized carbons (Fsp3) is 0.417. The summed E-state index contributed by atoms with van der Waals surface area (Å²) in [5.41, 5.74) is 0.586. The van der Waals surface area contributed by atoms with E-state index in [0.29, 0.717) is 23.5 Å². The summed E-state index contributed by atoms with van der Waals surface area (Å²) in [6, 6.07) is 3.36. The standard InChI is InChI=1S/C12H15FN6/c1-8-7-19(5-4-14-8)12-16-11(17-18-12)10-3-2-9(13)6-15-10/h2-3,6,8,14H,4-5,7H2,1H3,(H,16,17,18). The zero-order chi connectivity index (χ0) is 13.2. The van der Waals surface area contributed by atoms with Crippen molar-refractivity contribution in [2.45, 2.75) is 13.0 Å². The summed E-state index contributed by atoms with van der Waals surface area (Å²) < 4.78 is 12.8. The number of aromatic amines is 1. The van der Waals surface area contributed by atoms with Gasteiger partial charge in [-0.3, -0.25) is 5.10 Å². The first-order valence-corrected chi connectivity index (χ1v) is 6.25. The molecule has 1 saturated heterocycles. The van der Waals surface area contributed by atoms with Gasteiger partial charge in [-0.15, -0.1) is 5.10 Å². The lowest BCUT2D eigenvalue weighted by atomic mass is 10.2. The van der Waals surface area contributed by atoms with Crippen LogP contribution in [0, 0.1) is 5.82 Å². The van der Waals surface area contributed by atoms with Crippen LogP contribution >= 0.6 is 0 Å². The van der Waals surface area contributed by atoms with Gasteiger partial charge >= 0.3 is 0 Å². The van der Waals surface area contributed by atoms with Crippen LogP contribution in [0.1, 0.15) is 6.92 Å². The predicted octanol–water partition coefficient (Wildman–Crippen LogP) is 0.804. The van der Waals surface area contributed by atoms with Gasteiger partial charge in [0, 0.05) is 25.7 Å². The SMILES string of the molecule is CC1CN(c2n[nH]c(-c3ccc(F)cn3)n2)CCN1. The maximum Gasteiger partial charge on any atom is 0.245 e. The molecular weight excluding hydrogens is 247 g/mol. The van der Waals surface area contributed by atoms with Crippen molar-refractivity contribution in [3.05, 3.63) is 24.1 Å². The molecule has 1 aliphatic rings. The summed E-state index contributed by atoms with van der Waals surface area (Å²) >= 11 is 0. The molecule has 2 N–H and O–H groups in total. The molecule has 0 radical (unpaired) electrons. The summed E-state index contributed by atoms with van der Waals surface area (Å²) in [5, 5.41) is 10.4. The highest BCUT2D eigenvalue weighted by atomic mass is 19.1. The van der Waals surface area contributed by atoms with E-state index < -0.39 is 0 Å². The molecule has 2 aromatic heterocycles. The highest BCUT2D eigenvalue weighted by Crippen LogP contribution is 2.16. The largest absolute Gasteiger partial charge is 0.337 e. The van der Waals surface area contributed by atoms with E-state index in [9.17, 15) is 4.39 Å². The van der Waals surface area contributed by atoms with Gasteiger partial charge in [0.25, 0.3) is 0 Å². The molecule has 1 fully saturated rings. The van der Waals surface area contributed by atoms with E-state index >= 15 is 0 Å². The van der Waals surface area contributed by atoms with Crippen molar-refractivity contribution in [2.24, 2.45) is 0 Å².